The zero-order valence-corrected chi connectivity index (χ0v) is 10.7. The lowest BCUT2D eigenvalue weighted by Gasteiger charge is -2.20. The minimum Gasteiger partial charge on any atom is -0.642 e. The molecule has 0 unspecified atom stereocenters. The lowest BCUT2D eigenvalue weighted by atomic mass is 10.3. The van der Waals surface area contributed by atoms with Crippen molar-refractivity contribution in [3.63, 3.8) is 0 Å². The molecule has 0 aromatic heterocycles. The van der Waals surface area contributed by atoms with E-state index in [-0.39, 0.29) is 0 Å². The van der Waals surface area contributed by atoms with E-state index >= 15 is 0 Å². The average Bonchev–Trinajstić information content (AvgIpc) is 2.15. The van der Waals surface area contributed by atoms with Crippen molar-refractivity contribution >= 4 is 14.5 Å². The van der Waals surface area contributed by atoms with Gasteiger partial charge in [-0.05, 0) is 21.7 Å². The van der Waals surface area contributed by atoms with Gasteiger partial charge >= 0.3 is 14.5 Å². The molecular weight excluding hydrogens is 187 g/mol. The van der Waals surface area contributed by atoms with Gasteiger partial charge < -0.3 is 3.79 Å². The van der Waals surface area contributed by atoms with Crippen LogP contribution in [0.1, 0.15) is 27.7 Å². The first kappa shape index (κ1) is 11.6. The highest BCUT2D eigenvalue weighted by Crippen LogP contribution is 2.23. The van der Waals surface area contributed by atoms with E-state index in [2.05, 4.69) is 27.7 Å². The molecule has 0 aliphatic rings. The molecule has 1 aromatic rings. The summed E-state index contributed by atoms with van der Waals surface area (Å²) in [4.78, 5) is 0. The van der Waals surface area contributed by atoms with Gasteiger partial charge in [-0.1, -0.05) is 45.9 Å². The molecule has 1 aromatic carbocycles. The third kappa shape index (κ3) is 3.36. The van der Waals surface area contributed by atoms with Crippen LogP contribution in [-0.4, -0.2) is 14.5 Å². The van der Waals surface area contributed by atoms with E-state index in [0.717, 1.165) is 5.75 Å². The topological polar surface area (TPSA) is 9.23 Å². The molecule has 0 radical (unpaired) electrons. The van der Waals surface area contributed by atoms with Crippen molar-refractivity contribution in [1.82, 2.24) is 0 Å². The van der Waals surface area contributed by atoms with Crippen molar-refractivity contribution in [3.8, 4) is 5.75 Å². The zero-order chi connectivity index (χ0) is 10.6. The second kappa shape index (κ2) is 5.44. The van der Waals surface area contributed by atoms with Crippen LogP contribution >= 0.6 is 0 Å². The maximum atomic E-state index is 6.08. The van der Waals surface area contributed by atoms with Crippen molar-refractivity contribution in [1.29, 1.82) is 0 Å². The number of rotatable bonds is 4. The van der Waals surface area contributed by atoms with E-state index in [4.69, 9.17) is 3.79 Å². The summed E-state index contributed by atoms with van der Waals surface area (Å²) in [6.45, 7) is 9.05. The minimum atomic E-state index is -1.11. The van der Waals surface area contributed by atoms with E-state index < -0.39 is 14.5 Å². The van der Waals surface area contributed by atoms with Crippen molar-refractivity contribution in [2.24, 2.45) is 0 Å². The first-order chi connectivity index (χ1) is 6.61. The SMILES string of the molecule is C[CH](C)[Al]([O]c1ccccc1)[CH](C)C. The van der Waals surface area contributed by atoms with Gasteiger partial charge in [0.15, 0.2) is 0 Å². The number of hydrogen-bond acceptors (Lipinski definition) is 1. The number of hydrogen-bond donors (Lipinski definition) is 0. The van der Waals surface area contributed by atoms with E-state index in [0.29, 0.717) is 9.56 Å². The minimum absolute atomic E-state index is 0.690. The highest BCUT2D eigenvalue weighted by Gasteiger charge is 2.31. The van der Waals surface area contributed by atoms with Crippen LogP contribution < -0.4 is 3.79 Å². The van der Waals surface area contributed by atoms with Crippen LogP contribution in [0, 0.1) is 0 Å². The third-order valence-corrected chi connectivity index (χ3v) is 5.50. The molecule has 0 saturated carbocycles. The number of benzene rings is 1. The van der Waals surface area contributed by atoms with E-state index in [1.54, 1.807) is 0 Å². The summed E-state index contributed by atoms with van der Waals surface area (Å²) in [6, 6.07) is 10.2. The predicted molar refractivity (Wildman–Crippen MR) is 63.0 cm³/mol. The van der Waals surface area contributed by atoms with Crippen LogP contribution in [0.15, 0.2) is 30.3 Å². The van der Waals surface area contributed by atoms with Gasteiger partial charge in [0, 0.05) is 0 Å². The summed E-state index contributed by atoms with van der Waals surface area (Å²) >= 11 is -1.11. The molecule has 0 fully saturated rings. The maximum Gasteiger partial charge on any atom is 0.552 e. The maximum absolute atomic E-state index is 6.08. The van der Waals surface area contributed by atoms with Gasteiger partial charge in [-0.25, -0.2) is 0 Å². The van der Waals surface area contributed by atoms with Crippen molar-refractivity contribution < 1.29 is 3.79 Å². The Labute approximate surface area is 91.8 Å². The molecule has 0 amide bonds. The molecule has 2 heteroatoms. The average molecular weight is 206 g/mol. The van der Waals surface area contributed by atoms with Crippen molar-refractivity contribution in [3.05, 3.63) is 30.3 Å². The summed E-state index contributed by atoms with van der Waals surface area (Å²) in [5, 5.41) is 0. The highest BCUT2D eigenvalue weighted by molar-refractivity contribution is 6.55. The molecule has 0 atom stereocenters. The lowest BCUT2D eigenvalue weighted by Crippen LogP contribution is -2.28. The Balaban J connectivity index is 2.65. The van der Waals surface area contributed by atoms with Crippen molar-refractivity contribution in [2.75, 3.05) is 0 Å². The molecule has 0 bridgehead atoms. The van der Waals surface area contributed by atoms with E-state index in [1.165, 1.54) is 0 Å². The first-order valence-corrected chi connectivity index (χ1v) is 7.13. The Morgan fingerprint density at radius 1 is 0.929 bits per heavy atom. The molecule has 14 heavy (non-hydrogen) atoms. The predicted octanol–water partition coefficient (Wildman–Crippen LogP) is 3.88. The standard InChI is InChI=1S/C6H6O.2C3H7.Al/c7-6-4-2-1-3-5-6;2*1-3-2;/h1-5,7H;2*3H,1-2H3;/q;;;+1/p-1. The molecule has 76 valence electrons. The Hall–Kier alpha value is -0.448. The Morgan fingerprint density at radius 2 is 1.43 bits per heavy atom. The summed E-state index contributed by atoms with van der Waals surface area (Å²) in [7, 11) is 0. The molecule has 1 nitrogen and oxygen atoms in total. The molecule has 0 spiro atoms. The molecule has 0 aliphatic heterocycles. The Morgan fingerprint density at radius 3 is 1.86 bits per heavy atom. The van der Waals surface area contributed by atoms with Gasteiger partial charge in [0.25, 0.3) is 0 Å². The largest absolute Gasteiger partial charge is 0.642 e. The fourth-order valence-corrected chi connectivity index (χ4v) is 4.25. The molecule has 0 heterocycles. The van der Waals surface area contributed by atoms with Crippen LogP contribution in [0.25, 0.3) is 0 Å². The normalized spacial score (nSPS) is 10.7. The first-order valence-electron chi connectivity index (χ1n) is 5.33. The molecular formula is C12H19AlO. The summed E-state index contributed by atoms with van der Waals surface area (Å²) in [5.41, 5.74) is 0. The third-order valence-electron chi connectivity index (χ3n) is 2.33. The number of para-hydroxylation sites is 1. The van der Waals surface area contributed by atoms with Gasteiger partial charge in [0.05, 0.1) is 5.75 Å². The summed E-state index contributed by atoms with van der Waals surface area (Å²) < 4.78 is 7.46. The molecule has 0 N–H and O–H groups in total. The molecule has 0 saturated heterocycles. The van der Waals surface area contributed by atoms with Gasteiger partial charge in [-0.2, -0.15) is 0 Å². The summed E-state index contributed by atoms with van der Waals surface area (Å²) in [5.74, 6) is 1.03. The lowest BCUT2D eigenvalue weighted by molar-refractivity contribution is 0.536. The molecule has 0 aliphatic carbocycles. The monoisotopic (exact) mass is 206 g/mol. The second-order valence-corrected chi connectivity index (χ2v) is 8.22. The second-order valence-electron chi connectivity index (χ2n) is 4.38. The van der Waals surface area contributed by atoms with Gasteiger partial charge in [0.1, 0.15) is 0 Å². The van der Waals surface area contributed by atoms with Gasteiger partial charge in [-0.15, -0.1) is 0 Å². The zero-order valence-electron chi connectivity index (χ0n) is 9.53. The van der Waals surface area contributed by atoms with Gasteiger partial charge in [0.2, 0.25) is 0 Å². The van der Waals surface area contributed by atoms with Crippen molar-refractivity contribution in [2.45, 2.75) is 37.3 Å². The van der Waals surface area contributed by atoms with Gasteiger partial charge in [-0.3, -0.25) is 0 Å². The van der Waals surface area contributed by atoms with E-state index in [1.807, 2.05) is 30.3 Å². The smallest absolute Gasteiger partial charge is 0.552 e. The fourth-order valence-electron chi connectivity index (χ4n) is 1.70. The Bertz CT molecular complexity index is 248. The van der Waals surface area contributed by atoms with Crippen LogP contribution in [0.5, 0.6) is 5.75 Å². The van der Waals surface area contributed by atoms with Crippen LogP contribution in [0.2, 0.25) is 9.56 Å². The molecule has 1 rings (SSSR count). The fraction of sp³-hybridized carbons (Fsp3) is 0.500. The van der Waals surface area contributed by atoms with Crippen LogP contribution in [-0.2, 0) is 0 Å². The van der Waals surface area contributed by atoms with Crippen LogP contribution in [0.4, 0.5) is 0 Å². The van der Waals surface area contributed by atoms with E-state index in [9.17, 15) is 0 Å². The quantitative estimate of drug-likeness (QED) is 0.679. The highest BCUT2D eigenvalue weighted by atomic mass is 27.2. The Kier molecular flexibility index (Phi) is 4.52. The van der Waals surface area contributed by atoms with Crippen LogP contribution in [0.3, 0.4) is 0 Å². The summed E-state index contributed by atoms with van der Waals surface area (Å²) in [6.07, 6.45) is 0.